The van der Waals surface area contributed by atoms with Gasteiger partial charge in [-0.25, -0.2) is 5.90 Å². The van der Waals surface area contributed by atoms with Gasteiger partial charge in [-0.1, -0.05) is 13.3 Å². The predicted molar refractivity (Wildman–Crippen MR) is 47.0 cm³/mol. The van der Waals surface area contributed by atoms with Gasteiger partial charge >= 0.3 is 0 Å². The van der Waals surface area contributed by atoms with E-state index in [-0.39, 0.29) is 31.0 Å². The van der Waals surface area contributed by atoms with Gasteiger partial charge in [0.05, 0.1) is 6.10 Å². The maximum Gasteiger partial charge on any atom is 0.0819 e. The van der Waals surface area contributed by atoms with Gasteiger partial charge in [-0.3, -0.25) is 0 Å². The minimum absolute atomic E-state index is 0. The van der Waals surface area contributed by atoms with Crippen molar-refractivity contribution in [3.63, 3.8) is 0 Å². The summed E-state index contributed by atoms with van der Waals surface area (Å²) in [6, 6.07) is 0. The smallest absolute Gasteiger partial charge is 0.0819 e. The molecule has 0 amide bonds. The van der Waals surface area contributed by atoms with Crippen molar-refractivity contribution in [3.8, 4) is 0 Å². The van der Waals surface area contributed by atoms with Crippen molar-refractivity contribution in [1.82, 2.24) is 6.15 Å². The fraction of sp³-hybridized carbons (Fsp3) is 1.00. The molecule has 10 heavy (non-hydrogen) atoms. The summed E-state index contributed by atoms with van der Waals surface area (Å²) >= 11 is 0. The van der Waals surface area contributed by atoms with E-state index in [1.54, 1.807) is 0 Å². The van der Waals surface area contributed by atoms with Crippen molar-refractivity contribution in [2.45, 2.75) is 25.9 Å². The summed E-state index contributed by atoms with van der Waals surface area (Å²) in [5.74, 6) is 5.67. The molecule has 5 N–H and O–H groups in total. The normalized spacial score (nSPS) is 27.0. The number of nitrogens with two attached hydrogens (primary N) is 1. The summed E-state index contributed by atoms with van der Waals surface area (Å²) in [7, 11) is 0. The first-order chi connectivity index (χ1) is 3.38. The van der Waals surface area contributed by atoms with Crippen molar-refractivity contribution in [1.29, 1.82) is 0 Å². The lowest BCUT2D eigenvalue weighted by Crippen LogP contribution is -2.02. The van der Waals surface area contributed by atoms with E-state index in [2.05, 4.69) is 11.8 Å². The molecule has 1 rings (SSSR count). The first-order valence-electron chi connectivity index (χ1n) is 2.74. The Hall–Kier alpha value is 0.460. The SMILES string of the molecule is CCC1CC1ON.Cl.Cl.N. The van der Waals surface area contributed by atoms with E-state index in [4.69, 9.17) is 5.90 Å². The molecule has 1 fully saturated rings. The van der Waals surface area contributed by atoms with Crippen LogP contribution in [-0.4, -0.2) is 6.10 Å². The fourth-order valence-corrected chi connectivity index (χ4v) is 0.816. The number of hydrogen-bond donors (Lipinski definition) is 2. The van der Waals surface area contributed by atoms with Crippen LogP contribution in [0.25, 0.3) is 0 Å². The highest BCUT2D eigenvalue weighted by molar-refractivity contribution is 5.85. The molecule has 5 heteroatoms. The molecule has 0 spiro atoms. The minimum atomic E-state index is 0. The average molecular weight is 191 g/mol. The Morgan fingerprint density at radius 1 is 1.50 bits per heavy atom. The lowest BCUT2D eigenvalue weighted by atomic mass is 10.3. The van der Waals surface area contributed by atoms with Crippen LogP contribution in [0.15, 0.2) is 0 Å². The third-order valence-electron chi connectivity index (χ3n) is 1.56. The molecule has 66 valence electrons. The second-order valence-corrected chi connectivity index (χ2v) is 2.08. The van der Waals surface area contributed by atoms with Gasteiger partial charge in [-0.2, -0.15) is 0 Å². The molecule has 0 aromatic carbocycles. The summed E-state index contributed by atoms with van der Waals surface area (Å²) in [5, 5.41) is 0. The Labute approximate surface area is 74.0 Å². The van der Waals surface area contributed by atoms with E-state index >= 15 is 0 Å². The van der Waals surface area contributed by atoms with Gasteiger partial charge in [0, 0.05) is 0 Å². The molecular formula is C5H16Cl2N2O. The monoisotopic (exact) mass is 190 g/mol. The van der Waals surface area contributed by atoms with Crippen LogP contribution in [0.5, 0.6) is 0 Å². The van der Waals surface area contributed by atoms with Crippen molar-refractivity contribution in [2.75, 3.05) is 0 Å². The lowest BCUT2D eigenvalue weighted by molar-refractivity contribution is 0.111. The zero-order valence-electron chi connectivity index (χ0n) is 6.08. The van der Waals surface area contributed by atoms with E-state index < -0.39 is 0 Å². The first-order valence-corrected chi connectivity index (χ1v) is 2.74. The molecular weight excluding hydrogens is 175 g/mol. The van der Waals surface area contributed by atoms with Crippen molar-refractivity contribution in [3.05, 3.63) is 0 Å². The topological polar surface area (TPSA) is 70.2 Å². The predicted octanol–water partition coefficient (Wildman–Crippen LogP) is 1.68. The van der Waals surface area contributed by atoms with Gasteiger partial charge in [0.15, 0.2) is 0 Å². The summed E-state index contributed by atoms with van der Waals surface area (Å²) in [5.41, 5.74) is 0. The van der Waals surface area contributed by atoms with Crippen molar-refractivity contribution < 1.29 is 4.84 Å². The van der Waals surface area contributed by atoms with Crippen LogP contribution >= 0.6 is 24.8 Å². The number of hydrogen-bond acceptors (Lipinski definition) is 3. The average Bonchev–Trinajstić information content (AvgIpc) is 2.43. The maximum absolute atomic E-state index is 4.90. The molecule has 0 saturated heterocycles. The van der Waals surface area contributed by atoms with Gasteiger partial charge in [-0.05, 0) is 12.3 Å². The van der Waals surface area contributed by atoms with E-state index in [0.29, 0.717) is 6.10 Å². The van der Waals surface area contributed by atoms with Crippen LogP contribution in [0.3, 0.4) is 0 Å². The van der Waals surface area contributed by atoms with Gasteiger partial charge in [0.1, 0.15) is 0 Å². The molecule has 2 atom stereocenters. The Kier molecular flexibility index (Phi) is 12.7. The molecule has 0 bridgehead atoms. The molecule has 0 aromatic heterocycles. The summed E-state index contributed by atoms with van der Waals surface area (Å²) in [6.45, 7) is 2.16. The van der Waals surface area contributed by atoms with Crippen LogP contribution in [0.4, 0.5) is 0 Å². The zero-order chi connectivity index (χ0) is 5.28. The molecule has 3 nitrogen and oxygen atoms in total. The van der Waals surface area contributed by atoms with Gasteiger partial charge in [0.2, 0.25) is 0 Å². The molecule has 1 aliphatic carbocycles. The van der Waals surface area contributed by atoms with Gasteiger partial charge in [0.25, 0.3) is 0 Å². The highest BCUT2D eigenvalue weighted by Crippen LogP contribution is 2.34. The first kappa shape index (κ1) is 16.8. The van der Waals surface area contributed by atoms with Crippen LogP contribution in [0.2, 0.25) is 0 Å². The van der Waals surface area contributed by atoms with Crippen LogP contribution in [0.1, 0.15) is 19.8 Å². The quantitative estimate of drug-likeness (QED) is 0.652. The summed E-state index contributed by atoms with van der Waals surface area (Å²) < 4.78 is 0. The molecule has 1 saturated carbocycles. The Bertz CT molecular complexity index is 66.7. The molecule has 1 aliphatic rings. The maximum atomic E-state index is 4.90. The highest BCUT2D eigenvalue weighted by atomic mass is 35.5. The van der Waals surface area contributed by atoms with E-state index in [1.165, 1.54) is 12.8 Å². The largest absolute Gasteiger partial charge is 0.344 e. The minimum Gasteiger partial charge on any atom is -0.344 e. The zero-order valence-corrected chi connectivity index (χ0v) is 7.71. The van der Waals surface area contributed by atoms with E-state index in [1.807, 2.05) is 0 Å². The Morgan fingerprint density at radius 2 is 2.00 bits per heavy atom. The van der Waals surface area contributed by atoms with Gasteiger partial charge in [-0.15, -0.1) is 24.8 Å². The second kappa shape index (κ2) is 7.57. The number of halogens is 2. The standard InChI is InChI=1S/C5H11NO.2ClH.H3N/c1-2-4-3-5(4)7-6;;;/h4-5H,2-3,6H2,1H3;2*1H;1H3. The molecule has 0 heterocycles. The lowest BCUT2D eigenvalue weighted by Gasteiger charge is -1.88. The Balaban J connectivity index is -0.000000163. The van der Waals surface area contributed by atoms with Crippen molar-refractivity contribution >= 4 is 24.8 Å². The molecule has 2 unspecified atom stereocenters. The molecule has 0 radical (unpaired) electrons. The summed E-state index contributed by atoms with van der Waals surface area (Å²) in [6.07, 6.45) is 2.78. The summed E-state index contributed by atoms with van der Waals surface area (Å²) in [4.78, 5) is 4.56. The Morgan fingerprint density at radius 3 is 2.10 bits per heavy atom. The van der Waals surface area contributed by atoms with E-state index in [9.17, 15) is 0 Å². The highest BCUT2D eigenvalue weighted by Gasteiger charge is 2.35. The number of rotatable bonds is 2. The molecule has 0 aromatic rings. The van der Waals surface area contributed by atoms with Gasteiger partial charge < -0.3 is 11.0 Å². The van der Waals surface area contributed by atoms with E-state index in [0.717, 1.165) is 5.92 Å². The van der Waals surface area contributed by atoms with Crippen molar-refractivity contribution in [2.24, 2.45) is 11.8 Å². The second-order valence-electron chi connectivity index (χ2n) is 2.08. The van der Waals surface area contributed by atoms with Crippen LogP contribution < -0.4 is 12.0 Å². The van der Waals surface area contributed by atoms with Crippen LogP contribution in [-0.2, 0) is 4.84 Å². The third-order valence-corrected chi connectivity index (χ3v) is 1.56. The third kappa shape index (κ3) is 4.30. The fourth-order valence-electron chi connectivity index (χ4n) is 0.816. The van der Waals surface area contributed by atoms with Crippen LogP contribution in [0, 0.1) is 5.92 Å². The molecule has 0 aliphatic heterocycles.